The summed E-state index contributed by atoms with van der Waals surface area (Å²) in [4.78, 5) is 13.2. The molecule has 0 heterocycles. The maximum Gasteiger partial charge on any atom is 0.409 e. The zero-order valence-corrected chi connectivity index (χ0v) is 19.4. The van der Waals surface area contributed by atoms with Crippen molar-refractivity contribution in [2.45, 2.75) is 45.4 Å². The van der Waals surface area contributed by atoms with Gasteiger partial charge in [0.1, 0.15) is 0 Å². The molecular weight excluding hydrogens is 422 g/mol. The maximum absolute atomic E-state index is 13.2. The molecule has 0 aliphatic heterocycles. The molecule has 0 saturated heterocycles. The van der Waals surface area contributed by atoms with Crippen molar-refractivity contribution >= 4 is 16.2 Å². The monoisotopic (exact) mass is 449 g/mol. The van der Waals surface area contributed by atoms with Gasteiger partial charge in [-0.3, -0.25) is 4.79 Å². The molecule has 0 unspecified atom stereocenters. The summed E-state index contributed by atoms with van der Waals surface area (Å²) in [5.41, 5.74) is 5.01. The van der Waals surface area contributed by atoms with E-state index in [9.17, 15) is 13.2 Å². The van der Waals surface area contributed by atoms with Gasteiger partial charge in [0.25, 0.3) is 0 Å². The number of benzene rings is 3. The molecule has 1 aliphatic rings. The van der Waals surface area contributed by atoms with Crippen LogP contribution in [0.5, 0.6) is 5.75 Å². The molecule has 1 amide bonds. The number of carbonyl (C=O) groups excluding carboxylic acids is 1. The largest absolute Gasteiger partial charge is 0.409 e. The third-order valence-corrected chi connectivity index (χ3v) is 6.67. The van der Waals surface area contributed by atoms with E-state index in [-0.39, 0.29) is 11.8 Å². The van der Waals surface area contributed by atoms with Gasteiger partial charge in [0, 0.05) is 0 Å². The standard InChI is InChI=1S/C26H27NO4S/c1-16(2)18-14-9-15-19(17(3)4)25(18)31-32(29,30)27-26(28)24-22-12-7-5-10-20(22)21-11-6-8-13-23(21)24/h5-17,24H,1-4H3,(H,27,28). The molecule has 0 spiro atoms. The average Bonchev–Trinajstić information content (AvgIpc) is 3.07. The van der Waals surface area contributed by atoms with Crippen molar-refractivity contribution in [3.05, 3.63) is 89.0 Å². The van der Waals surface area contributed by atoms with Crippen LogP contribution < -0.4 is 8.91 Å². The van der Waals surface area contributed by atoms with Gasteiger partial charge < -0.3 is 4.18 Å². The highest BCUT2D eigenvalue weighted by Crippen LogP contribution is 2.44. The zero-order chi connectivity index (χ0) is 23.0. The predicted octanol–water partition coefficient (Wildman–Crippen LogP) is 5.49. The Morgan fingerprint density at radius 2 is 1.25 bits per heavy atom. The van der Waals surface area contributed by atoms with Crippen molar-refractivity contribution in [1.29, 1.82) is 0 Å². The lowest BCUT2D eigenvalue weighted by molar-refractivity contribution is -0.119. The summed E-state index contributed by atoms with van der Waals surface area (Å²) in [6.07, 6.45) is 0. The number of para-hydroxylation sites is 1. The van der Waals surface area contributed by atoms with Crippen molar-refractivity contribution in [2.75, 3.05) is 0 Å². The van der Waals surface area contributed by atoms with E-state index in [2.05, 4.69) is 4.72 Å². The smallest absolute Gasteiger partial charge is 0.366 e. The first kappa shape index (κ1) is 22.1. The Morgan fingerprint density at radius 1 is 0.781 bits per heavy atom. The van der Waals surface area contributed by atoms with Crippen LogP contribution in [0.15, 0.2) is 66.7 Å². The van der Waals surface area contributed by atoms with Crippen LogP contribution in [-0.2, 0) is 15.1 Å². The fourth-order valence-corrected chi connectivity index (χ4v) is 5.15. The minimum Gasteiger partial charge on any atom is -0.366 e. The Kier molecular flexibility index (Phi) is 5.82. The van der Waals surface area contributed by atoms with Crippen LogP contribution in [0.4, 0.5) is 0 Å². The molecule has 32 heavy (non-hydrogen) atoms. The number of hydrogen-bond acceptors (Lipinski definition) is 4. The molecule has 0 radical (unpaired) electrons. The fourth-order valence-electron chi connectivity index (χ4n) is 4.33. The van der Waals surface area contributed by atoms with Crippen LogP contribution in [0.1, 0.15) is 67.7 Å². The Morgan fingerprint density at radius 3 is 1.72 bits per heavy atom. The fraction of sp³-hybridized carbons (Fsp3) is 0.269. The van der Waals surface area contributed by atoms with Gasteiger partial charge in [-0.25, -0.2) is 4.72 Å². The molecule has 5 nitrogen and oxygen atoms in total. The first-order valence-corrected chi connectivity index (χ1v) is 12.2. The van der Waals surface area contributed by atoms with E-state index in [1.54, 1.807) is 0 Å². The number of fused-ring (bicyclic) bond motifs is 3. The van der Waals surface area contributed by atoms with Gasteiger partial charge in [0.15, 0.2) is 5.75 Å². The highest BCUT2D eigenvalue weighted by molar-refractivity contribution is 7.85. The molecule has 0 aromatic heterocycles. The van der Waals surface area contributed by atoms with Crippen LogP contribution in [0.3, 0.4) is 0 Å². The molecule has 166 valence electrons. The zero-order valence-electron chi connectivity index (χ0n) is 18.6. The number of amides is 1. The van der Waals surface area contributed by atoms with Crippen LogP contribution in [-0.4, -0.2) is 14.3 Å². The van der Waals surface area contributed by atoms with E-state index in [0.29, 0.717) is 5.75 Å². The third-order valence-electron chi connectivity index (χ3n) is 5.83. The second kappa shape index (κ2) is 8.43. The minimum absolute atomic E-state index is 0.0585. The molecule has 6 heteroatoms. The van der Waals surface area contributed by atoms with Gasteiger partial charge in [0.2, 0.25) is 5.91 Å². The van der Waals surface area contributed by atoms with E-state index in [1.165, 1.54) is 0 Å². The SMILES string of the molecule is CC(C)c1cccc(C(C)C)c1OS(=O)(=O)NC(=O)C1c2ccccc2-c2ccccc21. The first-order valence-electron chi connectivity index (χ1n) is 10.8. The van der Waals surface area contributed by atoms with Gasteiger partial charge in [-0.2, -0.15) is 8.42 Å². The molecule has 1 N–H and O–H groups in total. The van der Waals surface area contributed by atoms with Crippen LogP contribution in [0.2, 0.25) is 0 Å². The molecule has 3 aromatic rings. The van der Waals surface area contributed by atoms with Crippen molar-refractivity contribution in [3.8, 4) is 16.9 Å². The topological polar surface area (TPSA) is 72.5 Å². The summed E-state index contributed by atoms with van der Waals surface area (Å²) in [6, 6.07) is 20.7. The van der Waals surface area contributed by atoms with E-state index in [0.717, 1.165) is 33.4 Å². The molecule has 0 bridgehead atoms. The van der Waals surface area contributed by atoms with Gasteiger partial charge >= 0.3 is 10.3 Å². The molecule has 3 aromatic carbocycles. The second-order valence-electron chi connectivity index (χ2n) is 8.69. The Hall–Kier alpha value is -3.12. The summed E-state index contributed by atoms with van der Waals surface area (Å²) in [6.45, 7) is 7.90. The van der Waals surface area contributed by atoms with Crippen LogP contribution in [0, 0.1) is 0 Å². The predicted molar refractivity (Wildman–Crippen MR) is 126 cm³/mol. The summed E-state index contributed by atoms with van der Waals surface area (Å²) in [5, 5.41) is 0. The summed E-state index contributed by atoms with van der Waals surface area (Å²) in [5.74, 6) is -0.933. The highest BCUT2D eigenvalue weighted by atomic mass is 32.2. The second-order valence-corrected chi connectivity index (χ2v) is 9.97. The van der Waals surface area contributed by atoms with Gasteiger partial charge in [-0.1, -0.05) is 94.4 Å². The van der Waals surface area contributed by atoms with E-state index < -0.39 is 22.1 Å². The summed E-state index contributed by atoms with van der Waals surface area (Å²) >= 11 is 0. The molecule has 4 rings (SSSR count). The molecule has 1 aliphatic carbocycles. The number of nitrogens with one attached hydrogen (secondary N) is 1. The van der Waals surface area contributed by atoms with E-state index in [4.69, 9.17) is 4.18 Å². The number of rotatable bonds is 6. The Bertz CT molecular complexity index is 1210. The van der Waals surface area contributed by atoms with E-state index in [1.807, 2.05) is 94.4 Å². The van der Waals surface area contributed by atoms with Crippen molar-refractivity contribution in [3.63, 3.8) is 0 Å². The van der Waals surface area contributed by atoms with Crippen molar-refractivity contribution in [2.24, 2.45) is 0 Å². The molecule has 0 saturated carbocycles. The average molecular weight is 450 g/mol. The lowest BCUT2D eigenvalue weighted by Crippen LogP contribution is -2.37. The summed E-state index contributed by atoms with van der Waals surface area (Å²) in [7, 11) is -4.39. The molecular formula is C26H27NO4S. The Labute approximate surface area is 189 Å². The van der Waals surface area contributed by atoms with Crippen LogP contribution >= 0.6 is 0 Å². The maximum atomic E-state index is 13.2. The Balaban J connectivity index is 1.67. The van der Waals surface area contributed by atoms with Crippen molar-refractivity contribution < 1.29 is 17.4 Å². The highest BCUT2D eigenvalue weighted by Gasteiger charge is 2.36. The van der Waals surface area contributed by atoms with Crippen LogP contribution in [0.25, 0.3) is 11.1 Å². The normalized spacial score (nSPS) is 13.2. The van der Waals surface area contributed by atoms with Gasteiger partial charge in [-0.05, 0) is 45.2 Å². The lowest BCUT2D eigenvalue weighted by atomic mass is 9.94. The first-order chi connectivity index (χ1) is 15.2. The lowest BCUT2D eigenvalue weighted by Gasteiger charge is -2.20. The van der Waals surface area contributed by atoms with Gasteiger partial charge in [0.05, 0.1) is 5.92 Å². The van der Waals surface area contributed by atoms with Crippen molar-refractivity contribution in [1.82, 2.24) is 4.72 Å². The minimum atomic E-state index is -4.39. The summed E-state index contributed by atoms with van der Waals surface area (Å²) < 4.78 is 33.7. The quantitative estimate of drug-likeness (QED) is 0.540. The number of hydrogen-bond donors (Lipinski definition) is 1. The molecule has 0 fully saturated rings. The number of carbonyl (C=O) groups is 1. The van der Waals surface area contributed by atoms with Gasteiger partial charge in [-0.15, -0.1) is 0 Å². The van der Waals surface area contributed by atoms with E-state index >= 15 is 0 Å². The molecule has 0 atom stereocenters. The third kappa shape index (κ3) is 4.02.